The Balaban J connectivity index is 1.88. The summed E-state index contributed by atoms with van der Waals surface area (Å²) >= 11 is 12.0. The number of nitrogens with one attached hydrogen (secondary N) is 2. The van der Waals surface area contributed by atoms with Crippen molar-refractivity contribution in [2.24, 2.45) is 0 Å². The number of halogens is 2. The summed E-state index contributed by atoms with van der Waals surface area (Å²) in [5.74, 6) is -1.12. The van der Waals surface area contributed by atoms with E-state index in [9.17, 15) is 23.3 Å². The van der Waals surface area contributed by atoms with Crippen LogP contribution in [0.4, 0.5) is 11.4 Å². The van der Waals surface area contributed by atoms with E-state index in [0.717, 1.165) is 0 Å². The minimum Gasteiger partial charge on any atom is -0.493 e. The summed E-state index contributed by atoms with van der Waals surface area (Å²) in [6.07, 6.45) is 1.24. The lowest BCUT2D eigenvalue weighted by atomic mass is 10.1. The van der Waals surface area contributed by atoms with Gasteiger partial charge >= 0.3 is 10.1 Å². The quantitative estimate of drug-likeness (QED) is 0.218. The highest BCUT2D eigenvalue weighted by Crippen LogP contribution is 2.32. The summed E-state index contributed by atoms with van der Waals surface area (Å²) in [5.41, 5.74) is 0.631. The Bertz CT molecular complexity index is 1530. The van der Waals surface area contributed by atoms with Gasteiger partial charge in [-0.1, -0.05) is 29.3 Å². The Morgan fingerprint density at radius 1 is 0.973 bits per heavy atom. The van der Waals surface area contributed by atoms with Gasteiger partial charge in [-0.3, -0.25) is 9.59 Å². The van der Waals surface area contributed by atoms with Crippen LogP contribution >= 0.6 is 23.2 Å². The van der Waals surface area contributed by atoms with E-state index in [2.05, 4.69) is 10.6 Å². The van der Waals surface area contributed by atoms with E-state index in [0.29, 0.717) is 10.7 Å². The van der Waals surface area contributed by atoms with Crippen LogP contribution in [0, 0.1) is 11.3 Å². The van der Waals surface area contributed by atoms with Crippen LogP contribution in [-0.4, -0.2) is 27.3 Å². The number of carbonyl (C=O) groups is 2. The molecule has 0 aliphatic rings. The predicted octanol–water partition coefficient (Wildman–Crippen LogP) is 5.27. The molecule has 3 aromatic carbocycles. The molecule has 0 heterocycles. The van der Waals surface area contributed by atoms with Gasteiger partial charge in [0.1, 0.15) is 16.5 Å². The zero-order valence-corrected chi connectivity index (χ0v) is 21.7. The molecule has 3 aromatic rings. The van der Waals surface area contributed by atoms with Gasteiger partial charge in [-0.15, -0.1) is 0 Å². The molecule has 0 spiro atoms. The molecular formula is C25H19Cl2N3O6S. The Hall–Kier alpha value is -4.04. The largest absolute Gasteiger partial charge is 0.493 e. The number of rotatable bonds is 8. The minimum atomic E-state index is -4.29. The van der Waals surface area contributed by atoms with E-state index >= 15 is 0 Å². The standard InChI is InChI=1S/C25H19Cl2N3O6S/c1-15(31)29-19-5-7-20(8-6-19)37(33,34)36-24-12-16(3-10-23(24)35-2)11-17(14-28)25(32)30-22-13-18(26)4-9-21(22)27/h3-13H,1-2H3,(H,29,31)(H,30,32)/b17-11+. The molecule has 9 nitrogen and oxygen atoms in total. The number of hydrogen-bond acceptors (Lipinski definition) is 7. The average molecular weight is 560 g/mol. The summed E-state index contributed by atoms with van der Waals surface area (Å²) in [4.78, 5) is 23.6. The molecule has 0 unspecified atom stereocenters. The number of hydrogen-bond donors (Lipinski definition) is 2. The van der Waals surface area contributed by atoms with Gasteiger partial charge in [-0.25, -0.2) is 0 Å². The number of nitriles is 1. The van der Waals surface area contributed by atoms with Crippen molar-refractivity contribution < 1.29 is 26.9 Å². The number of methoxy groups -OCH3 is 1. The molecule has 0 saturated heterocycles. The number of ether oxygens (including phenoxy) is 1. The predicted molar refractivity (Wildman–Crippen MR) is 140 cm³/mol. The van der Waals surface area contributed by atoms with Gasteiger partial charge in [-0.2, -0.15) is 13.7 Å². The van der Waals surface area contributed by atoms with Crippen LogP contribution in [-0.2, 0) is 19.7 Å². The highest BCUT2D eigenvalue weighted by molar-refractivity contribution is 7.87. The van der Waals surface area contributed by atoms with Crippen molar-refractivity contribution in [2.45, 2.75) is 11.8 Å². The lowest BCUT2D eigenvalue weighted by Crippen LogP contribution is -2.14. The van der Waals surface area contributed by atoms with Crippen molar-refractivity contribution in [3.63, 3.8) is 0 Å². The second kappa shape index (κ2) is 11.8. The van der Waals surface area contributed by atoms with Crippen LogP contribution in [0.1, 0.15) is 12.5 Å². The number of nitrogens with zero attached hydrogens (tertiary/aromatic N) is 1. The summed E-state index contributed by atoms with van der Waals surface area (Å²) in [6, 6.07) is 15.9. The lowest BCUT2D eigenvalue weighted by Gasteiger charge is -2.12. The highest BCUT2D eigenvalue weighted by atomic mass is 35.5. The van der Waals surface area contributed by atoms with Gasteiger partial charge in [-0.05, 0) is 66.2 Å². The van der Waals surface area contributed by atoms with Crippen LogP contribution in [0.3, 0.4) is 0 Å². The first-order valence-corrected chi connectivity index (χ1v) is 12.6. The van der Waals surface area contributed by atoms with Crippen LogP contribution in [0.15, 0.2) is 71.1 Å². The van der Waals surface area contributed by atoms with E-state index in [1.807, 2.05) is 0 Å². The third-order valence-corrected chi connectivity index (χ3v) is 6.52. The first kappa shape index (κ1) is 27.5. The van der Waals surface area contributed by atoms with Crippen molar-refractivity contribution >= 4 is 62.6 Å². The topological polar surface area (TPSA) is 135 Å². The number of anilines is 2. The second-order valence-corrected chi connectivity index (χ2v) is 9.79. The maximum Gasteiger partial charge on any atom is 0.339 e. The Kier molecular flexibility index (Phi) is 8.78. The van der Waals surface area contributed by atoms with Gasteiger partial charge < -0.3 is 19.6 Å². The van der Waals surface area contributed by atoms with E-state index in [1.165, 1.54) is 74.7 Å². The lowest BCUT2D eigenvalue weighted by molar-refractivity contribution is -0.114. The molecule has 2 N–H and O–H groups in total. The van der Waals surface area contributed by atoms with Gasteiger partial charge in [0.15, 0.2) is 11.5 Å². The monoisotopic (exact) mass is 559 g/mol. The van der Waals surface area contributed by atoms with E-state index in [1.54, 1.807) is 12.1 Å². The van der Waals surface area contributed by atoms with Crippen LogP contribution in [0.25, 0.3) is 6.08 Å². The van der Waals surface area contributed by atoms with Crippen molar-refractivity contribution in [3.8, 4) is 17.6 Å². The molecule has 0 fully saturated rings. The fourth-order valence-corrected chi connectivity index (χ4v) is 4.29. The molecule has 190 valence electrons. The third-order valence-electron chi connectivity index (χ3n) is 4.70. The van der Waals surface area contributed by atoms with Crippen LogP contribution in [0.2, 0.25) is 10.0 Å². The molecule has 37 heavy (non-hydrogen) atoms. The molecule has 0 atom stereocenters. The molecule has 0 saturated carbocycles. The molecule has 2 amide bonds. The smallest absolute Gasteiger partial charge is 0.339 e. The highest BCUT2D eigenvalue weighted by Gasteiger charge is 2.20. The number of benzene rings is 3. The zero-order chi connectivity index (χ0) is 27.2. The normalized spacial score (nSPS) is 11.3. The van der Waals surface area contributed by atoms with Gasteiger partial charge in [0.25, 0.3) is 5.91 Å². The number of carbonyl (C=O) groups excluding carboxylic acids is 2. The Morgan fingerprint density at radius 2 is 1.68 bits per heavy atom. The van der Waals surface area contributed by atoms with Crippen molar-refractivity contribution in [2.75, 3.05) is 17.7 Å². The first-order valence-electron chi connectivity index (χ1n) is 10.4. The molecule has 3 rings (SSSR count). The van der Waals surface area contributed by atoms with Crippen molar-refractivity contribution in [3.05, 3.63) is 81.8 Å². The third kappa shape index (κ3) is 7.24. The zero-order valence-electron chi connectivity index (χ0n) is 19.4. The van der Waals surface area contributed by atoms with Crippen LogP contribution < -0.4 is 19.6 Å². The summed E-state index contributed by atoms with van der Waals surface area (Å²) in [5, 5.41) is 15.1. The minimum absolute atomic E-state index is 0.101. The average Bonchev–Trinajstić information content (AvgIpc) is 2.84. The molecule has 0 aliphatic heterocycles. The van der Waals surface area contributed by atoms with E-state index in [4.69, 9.17) is 32.1 Å². The van der Waals surface area contributed by atoms with E-state index in [-0.39, 0.29) is 44.1 Å². The molecular weight excluding hydrogens is 541 g/mol. The SMILES string of the molecule is COc1ccc(/C=C(\C#N)C(=O)Nc2cc(Cl)ccc2Cl)cc1OS(=O)(=O)c1ccc(NC(C)=O)cc1. The maximum atomic E-state index is 12.8. The molecule has 0 aromatic heterocycles. The Morgan fingerprint density at radius 3 is 2.30 bits per heavy atom. The fourth-order valence-electron chi connectivity index (χ4n) is 3.02. The molecule has 0 aliphatic carbocycles. The van der Waals surface area contributed by atoms with Gasteiger partial charge in [0, 0.05) is 17.6 Å². The summed E-state index contributed by atoms with van der Waals surface area (Å²) in [6.45, 7) is 1.33. The molecule has 0 bridgehead atoms. The Labute approximate surface area is 223 Å². The molecule has 12 heteroatoms. The fraction of sp³-hybridized carbons (Fsp3) is 0.0800. The van der Waals surface area contributed by atoms with Crippen LogP contribution in [0.5, 0.6) is 11.5 Å². The van der Waals surface area contributed by atoms with Crippen molar-refractivity contribution in [1.29, 1.82) is 5.26 Å². The molecule has 0 radical (unpaired) electrons. The second-order valence-electron chi connectivity index (χ2n) is 7.40. The maximum absolute atomic E-state index is 12.8. The van der Waals surface area contributed by atoms with E-state index < -0.39 is 16.0 Å². The van der Waals surface area contributed by atoms with Gasteiger partial charge in [0.2, 0.25) is 5.91 Å². The summed E-state index contributed by atoms with van der Waals surface area (Å²) in [7, 11) is -2.96. The number of amides is 2. The summed E-state index contributed by atoms with van der Waals surface area (Å²) < 4.78 is 36.2. The van der Waals surface area contributed by atoms with Gasteiger partial charge in [0.05, 0.1) is 17.8 Å². The van der Waals surface area contributed by atoms with Crippen molar-refractivity contribution in [1.82, 2.24) is 0 Å². The first-order chi connectivity index (χ1) is 17.5.